The molecule has 0 aliphatic carbocycles. The summed E-state index contributed by atoms with van der Waals surface area (Å²) < 4.78 is 7.50. The minimum Gasteiger partial charge on any atom is -0.382 e. The molecule has 1 N–H and O–H groups in total. The van der Waals surface area contributed by atoms with E-state index in [1.807, 2.05) is 12.1 Å². The van der Waals surface area contributed by atoms with Crippen molar-refractivity contribution in [2.24, 2.45) is 0 Å². The molecule has 1 fully saturated rings. The van der Waals surface area contributed by atoms with Crippen molar-refractivity contribution in [3.8, 4) is 5.69 Å². The Kier molecular flexibility index (Phi) is 3.33. The Morgan fingerprint density at radius 2 is 1.83 bits per heavy atom. The molecule has 3 nitrogen and oxygen atoms in total. The molecule has 0 spiro atoms. The van der Waals surface area contributed by atoms with Gasteiger partial charge in [0.25, 0.3) is 0 Å². The van der Waals surface area contributed by atoms with Gasteiger partial charge in [0.2, 0.25) is 0 Å². The molecule has 0 saturated carbocycles. The number of nitrogens with one attached hydrogen (secondary N) is 1. The number of anilines is 1. The van der Waals surface area contributed by atoms with E-state index in [1.165, 1.54) is 11.4 Å². The maximum atomic E-state index is 5.38. The second-order valence-corrected chi connectivity index (χ2v) is 4.67. The van der Waals surface area contributed by atoms with Gasteiger partial charge in [-0.05, 0) is 43.2 Å². The predicted octanol–water partition coefficient (Wildman–Crippen LogP) is 3.07. The van der Waals surface area contributed by atoms with E-state index >= 15 is 0 Å². The van der Waals surface area contributed by atoms with Crippen LogP contribution in [0.1, 0.15) is 12.8 Å². The molecule has 18 heavy (non-hydrogen) atoms. The Morgan fingerprint density at radius 1 is 1.06 bits per heavy atom. The zero-order valence-electron chi connectivity index (χ0n) is 10.4. The van der Waals surface area contributed by atoms with Crippen molar-refractivity contribution in [3.05, 3.63) is 48.8 Å². The summed E-state index contributed by atoms with van der Waals surface area (Å²) >= 11 is 0. The summed E-state index contributed by atoms with van der Waals surface area (Å²) in [7, 11) is 0. The zero-order valence-corrected chi connectivity index (χ0v) is 10.4. The third-order valence-corrected chi connectivity index (χ3v) is 3.34. The van der Waals surface area contributed by atoms with Gasteiger partial charge in [0.15, 0.2) is 0 Å². The maximum absolute atomic E-state index is 5.38. The number of nitrogens with zero attached hydrogens (tertiary/aromatic N) is 1. The highest BCUT2D eigenvalue weighted by Gasteiger charge is 2.13. The summed E-state index contributed by atoms with van der Waals surface area (Å²) in [6.07, 6.45) is 6.31. The van der Waals surface area contributed by atoms with Crippen LogP contribution < -0.4 is 5.32 Å². The Morgan fingerprint density at radius 3 is 2.61 bits per heavy atom. The minimum atomic E-state index is 0.540. The van der Waals surface area contributed by atoms with Gasteiger partial charge in [-0.2, -0.15) is 0 Å². The molecule has 0 atom stereocenters. The van der Waals surface area contributed by atoms with Crippen LogP contribution >= 0.6 is 0 Å². The highest BCUT2D eigenvalue weighted by atomic mass is 16.5. The quantitative estimate of drug-likeness (QED) is 0.895. The van der Waals surface area contributed by atoms with E-state index < -0.39 is 0 Å². The fourth-order valence-electron chi connectivity index (χ4n) is 2.34. The van der Waals surface area contributed by atoms with E-state index in [0.717, 1.165) is 26.1 Å². The number of benzene rings is 1. The van der Waals surface area contributed by atoms with Crippen molar-refractivity contribution in [1.29, 1.82) is 0 Å². The summed E-state index contributed by atoms with van der Waals surface area (Å²) in [5.41, 5.74) is 2.38. The van der Waals surface area contributed by atoms with Crippen LogP contribution in [0.5, 0.6) is 0 Å². The van der Waals surface area contributed by atoms with Crippen molar-refractivity contribution in [1.82, 2.24) is 4.57 Å². The molecular weight excluding hydrogens is 224 g/mol. The van der Waals surface area contributed by atoms with Gasteiger partial charge in [-0.3, -0.25) is 0 Å². The minimum absolute atomic E-state index is 0.540. The SMILES string of the molecule is c1cc(NC2CCOCC2)cc(-n2cccc2)c1. The molecule has 2 aromatic rings. The lowest BCUT2D eigenvalue weighted by Crippen LogP contribution is -2.27. The standard InChI is InChI=1S/C15H18N2O/c1-2-9-17(8-1)15-5-3-4-14(12-15)16-13-6-10-18-11-7-13/h1-5,8-9,12-13,16H,6-7,10-11H2. The Bertz CT molecular complexity index is 487. The van der Waals surface area contributed by atoms with Crippen LogP contribution in [-0.2, 0) is 4.74 Å². The zero-order chi connectivity index (χ0) is 12.2. The molecule has 1 aromatic carbocycles. The van der Waals surface area contributed by atoms with Gasteiger partial charge in [0.05, 0.1) is 0 Å². The van der Waals surface area contributed by atoms with E-state index in [2.05, 4.69) is 46.5 Å². The Hall–Kier alpha value is -1.74. The number of ether oxygens (including phenoxy) is 1. The second-order valence-electron chi connectivity index (χ2n) is 4.67. The van der Waals surface area contributed by atoms with Crippen LogP contribution in [0.2, 0.25) is 0 Å². The van der Waals surface area contributed by atoms with Gasteiger partial charge >= 0.3 is 0 Å². The highest BCUT2D eigenvalue weighted by molar-refractivity contribution is 5.51. The highest BCUT2D eigenvalue weighted by Crippen LogP contribution is 2.18. The van der Waals surface area contributed by atoms with Crippen molar-refractivity contribution in [2.45, 2.75) is 18.9 Å². The Labute approximate surface area is 107 Å². The summed E-state index contributed by atoms with van der Waals surface area (Å²) in [5.74, 6) is 0. The summed E-state index contributed by atoms with van der Waals surface area (Å²) in [4.78, 5) is 0. The fraction of sp³-hybridized carbons (Fsp3) is 0.333. The molecule has 1 saturated heterocycles. The summed E-state index contributed by atoms with van der Waals surface area (Å²) in [5, 5.41) is 3.59. The molecule has 94 valence electrons. The molecule has 1 aromatic heterocycles. The number of hydrogen-bond acceptors (Lipinski definition) is 2. The van der Waals surface area contributed by atoms with Crippen molar-refractivity contribution in [3.63, 3.8) is 0 Å². The molecule has 1 aliphatic rings. The van der Waals surface area contributed by atoms with Crippen LogP contribution in [-0.4, -0.2) is 23.8 Å². The topological polar surface area (TPSA) is 26.2 Å². The van der Waals surface area contributed by atoms with Crippen molar-refractivity contribution in [2.75, 3.05) is 18.5 Å². The molecule has 0 unspecified atom stereocenters. The lowest BCUT2D eigenvalue weighted by molar-refractivity contribution is 0.0904. The third-order valence-electron chi connectivity index (χ3n) is 3.34. The van der Waals surface area contributed by atoms with Gasteiger partial charge < -0.3 is 14.6 Å². The number of hydrogen-bond donors (Lipinski definition) is 1. The van der Waals surface area contributed by atoms with E-state index in [0.29, 0.717) is 6.04 Å². The normalized spacial score (nSPS) is 16.7. The van der Waals surface area contributed by atoms with Crippen LogP contribution in [0.4, 0.5) is 5.69 Å². The molecule has 2 heterocycles. The van der Waals surface area contributed by atoms with Crippen molar-refractivity contribution >= 4 is 5.69 Å². The molecule has 0 amide bonds. The molecule has 3 heteroatoms. The first kappa shape index (κ1) is 11.4. The maximum Gasteiger partial charge on any atom is 0.0485 e. The predicted molar refractivity (Wildman–Crippen MR) is 73.2 cm³/mol. The molecule has 0 radical (unpaired) electrons. The second kappa shape index (κ2) is 5.27. The van der Waals surface area contributed by atoms with Gasteiger partial charge in [0.1, 0.15) is 0 Å². The summed E-state index contributed by atoms with van der Waals surface area (Å²) in [6, 6.07) is 13.2. The monoisotopic (exact) mass is 242 g/mol. The first-order valence-corrected chi connectivity index (χ1v) is 6.49. The third kappa shape index (κ3) is 2.57. The summed E-state index contributed by atoms with van der Waals surface area (Å²) in [6.45, 7) is 1.74. The van der Waals surface area contributed by atoms with Crippen molar-refractivity contribution < 1.29 is 4.74 Å². The average molecular weight is 242 g/mol. The lowest BCUT2D eigenvalue weighted by atomic mass is 10.1. The van der Waals surface area contributed by atoms with E-state index in [-0.39, 0.29) is 0 Å². The molecule has 0 bridgehead atoms. The largest absolute Gasteiger partial charge is 0.382 e. The van der Waals surface area contributed by atoms with Crippen LogP contribution in [0, 0.1) is 0 Å². The van der Waals surface area contributed by atoms with Gasteiger partial charge in [0, 0.05) is 43.0 Å². The molecule has 1 aliphatic heterocycles. The fourth-order valence-corrected chi connectivity index (χ4v) is 2.34. The smallest absolute Gasteiger partial charge is 0.0485 e. The van der Waals surface area contributed by atoms with Crippen LogP contribution in [0.3, 0.4) is 0 Å². The van der Waals surface area contributed by atoms with Gasteiger partial charge in [-0.15, -0.1) is 0 Å². The average Bonchev–Trinajstić information content (AvgIpc) is 2.94. The molecular formula is C15H18N2O. The Balaban J connectivity index is 1.74. The van der Waals surface area contributed by atoms with Crippen LogP contribution in [0.25, 0.3) is 5.69 Å². The number of aromatic nitrogens is 1. The van der Waals surface area contributed by atoms with Crippen LogP contribution in [0.15, 0.2) is 48.8 Å². The first-order chi connectivity index (χ1) is 8.92. The molecule has 3 rings (SSSR count). The van der Waals surface area contributed by atoms with Gasteiger partial charge in [-0.1, -0.05) is 6.07 Å². The van der Waals surface area contributed by atoms with E-state index in [4.69, 9.17) is 4.74 Å². The first-order valence-electron chi connectivity index (χ1n) is 6.49. The number of rotatable bonds is 3. The van der Waals surface area contributed by atoms with Gasteiger partial charge in [-0.25, -0.2) is 0 Å². The lowest BCUT2D eigenvalue weighted by Gasteiger charge is -2.24. The van der Waals surface area contributed by atoms with E-state index in [1.54, 1.807) is 0 Å². The van der Waals surface area contributed by atoms with E-state index in [9.17, 15) is 0 Å².